The summed E-state index contributed by atoms with van der Waals surface area (Å²) < 4.78 is 10.7. The topological polar surface area (TPSA) is 126 Å². The van der Waals surface area contributed by atoms with Gasteiger partial charge in [-0.25, -0.2) is 9.59 Å². The second kappa shape index (κ2) is 13.4. The van der Waals surface area contributed by atoms with Gasteiger partial charge in [0.25, 0.3) is 0 Å². The average molecular weight is 547 g/mol. The largest absolute Gasteiger partial charge is 0.445 e. The van der Waals surface area contributed by atoms with Gasteiger partial charge in [0.15, 0.2) is 5.78 Å². The second-order valence-corrected chi connectivity index (χ2v) is 11.1. The molecular formula is C28H42N4O7. The van der Waals surface area contributed by atoms with Crippen LogP contribution in [-0.4, -0.2) is 94.9 Å². The van der Waals surface area contributed by atoms with Crippen molar-refractivity contribution in [3.63, 3.8) is 0 Å². The van der Waals surface area contributed by atoms with Gasteiger partial charge in [0, 0.05) is 20.1 Å². The first kappa shape index (κ1) is 31.6. The Morgan fingerprint density at radius 2 is 1.67 bits per heavy atom. The maximum Gasteiger partial charge on any atom is 0.410 e. The highest BCUT2D eigenvalue weighted by atomic mass is 16.6. The molecule has 1 aliphatic heterocycles. The van der Waals surface area contributed by atoms with Crippen molar-refractivity contribution < 1.29 is 33.4 Å². The van der Waals surface area contributed by atoms with Crippen molar-refractivity contribution in [3.05, 3.63) is 35.9 Å². The van der Waals surface area contributed by atoms with Crippen molar-refractivity contribution in [2.75, 3.05) is 26.7 Å². The standard InChI is InChI=1S/C28H42N4O7/c1-18(2)23(29-24(34)19(3)30(8)26(36)39-28(5,6)7)25(35)32-15-14-31(16-22(32)20(4)33)27(37)38-17-21-12-10-9-11-13-21/h9-13,18-19,22-23H,14-17H2,1-8H3,(H,29,34)/t19-,22-,23-/m0/s1. The average Bonchev–Trinajstić information content (AvgIpc) is 2.87. The van der Waals surface area contributed by atoms with E-state index in [2.05, 4.69) is 5.32 Å². The zero-order valence-corrected chi connectivity index (χ0v) is 24.2. The van der Waals surface area contributed by atoms with Crippen molar-refractivity contribution in [1.29, 1.82) is 0 Å². The van der Waals surface area contributed by atoms with Gasteiger partial charge in [-0.05, 0) is 46.1 Å². The van der Waals surface area contributed by atoms with Crippen LogP contribution in [-0.2, 0) is 30.5 Å². The number of amides is 4. The number of hydrogen-bond donors (Lipinski definition) is 1. The normalized spacial score (nSPS) is 17.2. The predicted octanol–water partition coefficient (Wildman–Crippen LogP) is 2.82. The molecule has 1 heterocycles. The number of likely N-dealkylation sites (N-methyl/N-ethyl adjacent to an activating group) is 1. The summed E-state index contributed by atoms with van der Waals surface area (Å²) in [6.45, 7) is 12.0. The summed E-state index contributed by atoms with van der Waals surface area (Å²) in [7, 11) is 1.45. The lowest BCUT2D eigenvalue weighted by Crippen LogP contribution is -2.63. The Morgan fingerprint density at radius 1 is 1.05 bits per heavy atom. The molecule has 0 radical (unpaired) electrons. The van der Waals surface area contributed by atoms with E-state index < -0.39 is 47.7 Å². The number of benzene rings is 1. The molecule has 1 aromatic carbocycles. The molecule has 0 unspecified atom stereocenters. The predicted molar refractivity (Wildman–Crippen MR) is 145 cm³/mol. The third kappa shape index (κ3) is 8.97. The number of piperazine rings is 1. The Balaban J connectivity index is 2.07. The minimum absolute atomic E-state index is 0.00869. The molecule has 1 saturated heterocycles. The molecule has 0 aliphatic carbocycles. The fraction of sp³-hybridized carbons (Fsp3) is 0.607. The van der Waals surface area contributed by atoms with Crippen molar-refractivity contribution in [2.45, 2.75) is 78.8 Å². The smallest absolute Gasteiger partial charge is 0.410 e. The van der Waals surface area contributed by atoms with Crippen LogP contribution in [0.15, 0.2) is 30.3 Å². The summed E-state index contributed by atoms with van der Waals surface area (Å²) in [5.41, 5.74) is 0.111. The van der Waals surface area contributed by atoms with Gasteiger partial charge in [-0.15, -0.1) is 0 Å². The van der Waals surface area contributed by atoms with E-state index >= 15 is 0 Å². The number of ketones is 1. The summed E-state index contributed by atoms with van der Waals surface area (Å²) in [5.74, 6) is -1.54. The number of carbonyl (C=O) groups is 5. The maximum absolute atomic E-state index is 13.6. The van der Waals surface area contributed by atoms with E-state index in [9.17, 15) is 24.0 Å². The number of ether oxygens (including phenoxy) is 2. The molecule has 1 aliphatic rings. The van der Waals surface area contributed by atoms with E-state index in [1.54, 1.807) is 41.5 Å². The minimum Gasteiger partial charge on any atom is -0.445 e. The zero-order chi connectivity index (χ0) is 29.5. The fourth-order valence-corrected chi connectivity index (χ4v) is 4.01. The first-order valence-electron chi connectivity index (χ1n) is 13.1. The van der Waals surface area contributed by atoms with Crippen LogP contribution >= 0.6 is 0 Å². The molecule has 11 heteroatoms. The molecule has 0 bridgehead atoms. The van der Waals surface area contributed by atoms with E-state index in [0.717, 1.165) is 5.56 Å². The Morgan fingerprint density at radius 3 is 2.21 bits per heavy atom. The van der Waals surface area contributed by atoms with Crippen molar-refractivity contribution in [1.82, 2.24) is 20.0 Å². The van der Waals surface area contributed by atoms with Gasteiger partial charge in [0.2, 0.25) is 11.8 Å². The molecule has 0 spiro atoms. The Labute approximate surface area is 230 Å². The highest BCUT2D eigenvalue weighted by molar-refractivity contribution is 5.94. The molecule has 1 N–H and O–H groups in total. The molecule has 39 heavy (non-hydrogen) atoms. The summed E-state index contributed by atoms with van der Waals surface area (Å²) in [4.78, 5) is 68.3. The Kier molecular flexibility index (Phi) is 10.9. The number of rotatable bonds is 8. The summed E-state index contributed by atoms with van der Waals surface area (Å²) in [5, 5.41) is 2.75. The van der Waals surface area contributed by atoms with E-state index in [1.165, 1.54) is 28.7 Å². The minimum atomic E-state index is -0.939. The van der Waals surface area contributed by atoms with Crippen LogP contribution < -0.4 is 5.32 Å². The van der Waals surface area contributed by atoms with E-state index in [0.29, 0.717) is 0 Å². The van der Waals surface area contributed by atoms with Crippen LogP contribution in [0.5, 0.6) is 0 Å². The molecule has 216 valence electrons. The first-order valence-corrected chi connectivity index (χ1v) is 13.1. The van der Waals surface area contributed by atoms with Gasteiger partial charge in [-0.1, -0.05) is 44.2 Å². The number of nitrogens with one attached hydrogen (secondary N) is 1. The molecule has 1 aromatic rings. The molecular weight excluding hydrogens is 504 g/mol. The fourth-order valence-electron chi connectivity index (χ4n) is 4.01. The molecule has 4 amide bonds. The lowest BCUT2D eigenvalue weighted by atomic mass is 9.99. The highest BCUT2D eigenvalue weighted by Crippen LogP contribution is 2.18. The number of carbonyl (C=O) groups excluding carboxylic acids is 5. The third-order valence-corrected chi connectivity index (χ3v) is 6.47. The lowest BCUT2D eigenvalue weighted by Gasteiger charge is -2.41. The lowest BCUT2D eigenvalue weighted by molar-refractivity contribution is -0.146. The summed E-state index contributed by atoms with van der Waals surface area (Å²) in [6.07, 6.45) is -1.23. The van der Waals surface area contributed by atoms with E-state index in [1.807, 2.05) is 30.3 Å². The number of hydrogen-bond acceptors (Lipinski definition) is 7. The SMILES string of the molecule is CC(=O)[C@@H]1CN(C(=O)OCc2ccccc2)CCN1C(=O)[C@@H](NC(=O)[C@H](C)N(C)C(=O)OC(C)(C)C)C(C)C. The molecule has 2 rings (SSSR count). The monoisotopic (exact) mass is 546 g/mol. The van der Waals surface area contributed by atoms with E-state index in [-0.39, 0.29) is 37.9 Å². The van der Waals surface area contributed by atoms with Crippen molar-refractivity contribution in [2.24, 2.45) is 5.92 Å². The summed E-state index contributed by atoms with van der Waals surface area (Å²) in [6, 6.07) is 6.52. The molecule has 11 nitrogen and oxygen atoms in total. The number of Topliss-reactive ketones (excluding diaryl/α,β-unsaturated/α-hetero) is 1. The van der Waals surface area contributed by atoms with Gasteiger partial charge in [0.1, 0.15) is 30.3 Å². The maximum atomic E-state index is 13.6. The van der Waals surface area contributed by atoms with Crippen LogP contribution in [0.25, 0.3) is 0 Å². The summed E-state index contributed by atoms with van der Waals surface area (Å²) >= 11 is 0. The Hall–Kier alpha value is -3.63. The molecule has 0 aromatic heterocycles. The van der Waals surface area contributed by atoms with Crippen LogP contribution in [0, 0.1) is 5.92 Å². The van der Waals surface area contributed by atoms with Crippen LogP contribution in [0.3, 0.4) is 0 Å². The van der Waals surface area contributed by atoms with Gasteiger partial charge < -0.3 is 24.6 Å². The number of nitrogens with zero attached hydrogens (tertiary/aromatic N) is 3. The first-order chi connectivity index (χ1) is 18.1. The zero-order valence-electron chi connectivity index (χ0n) is 24.2. The quantitative estimate of drug-likeness (QED) is 0.531. The van der Waals surface area contributed by atoms with Crippen molar-refractivity contribution >= 4 is 29.8 Å². The second-order valence-electron chi connectivity index (χ2n) is 11.1. The van der Waals surface area contributed by atoms with Crippen molar-refractivity contribution in [3.8, 4) is 0 Å². The molecule has 0 saturated carbocycles. The van der Waals surface area contributed by atoms with Gasteiger partial charge in [-0.3, -0.25) is 19.3 Å². The third-order valence-electron chi connectivity index (χ3n) is 6.47. The molecule has 1 fully saturated rings. The molecule has 3 atom stereocenters. The van der Waals surface area contributed by atoms with Crippen LogP contribution in [0.4, 0.5) is 9.59 Å². The van der Waals surface area contributed by atoms with Crippen LogP contribution in [0.1, 0.15) is 54.0 Å². The van der Waals surface area contributed by atoms with Gasteiger partial charge >= 0.3 is 12.2 Å². The van der Waals surface area contributed by atoms with Gasteiger partial charge in [-0.2, -0.15) is 0 Å². The van der Waals surface area contributed by atoms with Gasteiger partial charge in [0.05, 0.1) is 6.54 Å². The highest BCUT2D eigenvalue weighted by Gasteiger charge is 2.40. The van der Waals surface area contributed by atoms with Crippen LogP contribution in [0.2, 0.25) is 0 Å². The van der Waals surface area contributed by atoms with E-state index in [4.69, 9.17) is 9.47 Å². The Bertz CT molecular complexity index is 1040.